The van der Waals surface area contributed by atoms with Crippen LogP contribution in [0.4, 0.5) is 5.13 Å². The van der Waals surface area contributed by atoms with E-state index in [-0.39, 0.29) is 5.91 Å². The lowest BCUT2D eigenvalue weighted by Crippen LogP contribution is -2.13. The van der Waals surface area contributed by atoms with Gasteiger partial charge in [0.25, 0.3) is 0 Å². The zero-order valence-corrected chi connectivity index (χ0v) is 13.6. The zero-order chi connectivity index (χ0) is 15.1. The number of thiazole rings is 1. The Morgan fingerprint density at radius 1 is 1.43 bits per heavy atom. The van der Waals surface area contributed by atoms with E-state index in [1.807, 2.05) is 5.38 Å². The molecule has 1 amide bonds. The van der Waals surface area contributed by atoms with Crippen molar-refractivity contribution in [1.82, 2.24) is 4.98 Å². The van der Waals surface area contributed by atoms with Gasteiger partial charge in [0.15, 0.2) is 5.13 Å². The Kier molecular flexibility index (Phi) is 6.02. The predicted molar refractivity (Wildman–Crippen MR) is 93.1 cm³/mol. The molecule has 3 nitrogen and oxygen atoms in total. The topological polar surface area (TPSA) is 42.0 Å². The number of aromatic nitrogens is 1. The fourth-order valence-corrected chi connectivity index (χ4v) is 3.04. The maximum absolute atomic E-state index is 11.7. The third kappa shape index (κ3) is 4.72. The molecule has 2 rings (SSSR count). The van der Waals surface area contributed by atoms with Crippen LogP contribution in [0.2, 0.25) is 0 Å². The normalized spacial score (nSPS) is 10.3. The van der Waals surface area contributed by atoms with Gasteiger partial charge in [0, 0.05) is 16.7 Å². The van der Waals surface area contributed by atoms with Crippen molar-refractivity contribution in [3.05, 3.63) is 47.9 Å². The molecular formula is C16H18N2OS2. The Bertz CT molecular complexity index is 605. The van der Waals surface area contributed by atoms with Crippen LogP contribution in [0.25, 0.3) is 11.3 Å². The van der Waals surface area contributed by atoms with Gasteiger partial charge in [-0.3, -0.25) is 4.79 Å². The van der Waals surface area contributed by atoms with Gasteiger partial charge in [-0.2, -0.15) is 0 Å². The van der Waals surface area contributed by atoms with Crippen molar-refractivity contribution in [2.75, 3.05) is 16.8 Å². The number of nitrogens with zero attached hydrogens (tertiary/aromatic N) is 1. The fraction of sp³-hybridized carbons (Fsp3) is 0.250. The number of thioether (sulfide) groups is 1. The molecule has 1 N–H and O–H groups in total. The van der Waals surface area contributed by atoms with Crippen LogP contribution in [0, 0.1) is 0 Å². The minimum Gasteiger partial charge on any atom is -0.301 e. The van der Waals surface area contributed by atoms with Crippen molar-refractivity contribution >= 4 is 34.1 Å². The summed E-state index contributed by atoms with van der Waals surface area (Å²) in [5.41, 5.74) is 3.28. The highest BCUT2D eigenvalue weighted by molar-refractivity contribution is 8.00. The number of nitrogens with one attached hydrogen (secondary N) is 1. The molecule has 0 aliphatic carbocycles. The van der Waals surface area contributed by atoms with Gasteiger partial charge in [-0.1, -0.05) is 37.3 Å². The summed E-state index contributed by atoms with van der Waals surface area (Å²) in [6, 6.07) is 8.36. The van der Waals surface area contributed by atoms with Crippen molar-refractivity contribution in [3.63, 3.8) is 0 Å². The molecule has 1 aromatic heterocycles. The number of aryl methyl sites for hydroxylation is 1. The molecule has 2 aromatic rings. The molecule has 1 aromatic carbocycles. The van der Waals surface area contributed by atoms with E-state index < -0.39 is 0 Å². The van der Waals surface area contributed by atoms with E-state index >= 15 is 0 Å². The Balaban J connectivity index is 1.97. The molecule has 0 bridgehead atoms. The van der Waals surface area contributed by atoms with Crippen LogP contribution in [-0.4, -0.2) is 22.4 Å². The molecule has 110 valence electrons. The molecule has 0 aliphatic heterocycles. The summed E-state index contributed by atoms with van der Waals surface area (Å²) >= 11 is 2.98. The van der Waals surface area contributed by atoms with Crippen LogP contribution in [0.15, 0.2) is 42.3 Å². The molecule has 0 saturated heterocycles. The number of carbonyl (C=O) groups excluding carboxylic acids is 1. The molecule has 0 fully saturated rings. The van der Waals surface area contributed by atoms with Gasteiger partial charge in [0.05, 0.1) is 11.4 Å². The van der Waals surface area contributed by atoms with Crippen molar-refractivity contribution in [2.45, 2.75) is 13.3 Å². The zero-order valence-electron chi connectivity index (χ0n) is 12.0. The number of benzene rings is 1. The maximum Gasteiger partial charge on any atom is 0.236 e. The molecule has 0 atom stereocenters. The summed E-state index contributed by atoms with van der Waals surface area (Å²) in [5.74, 6) is 1.18. The van der Waals surface area contributed by atoms with E-state index in [0.717, 1.165) is 23.4 Å². The molecule has 1 heterocycles. The minimum atomic E-state index is -0.0240. The molecule has 5 heteroatoms. The van der Waals surface area contributed by atoms with Crippen molar-refractivity contribution in [3.8, 4) is 11.3 Å². The van der Waals surface area contributed by atoms with E-state index in [2.05, 4.69) is 48.1 Å². The molecule has 0 spiro atoms. The number of rotatable bonds is 7. The highest BCUT2D eigenvalue weighted by Gasteiger charge is 2.08. The molecule has 0 aliphatic rings. The van der Waals surface area contributed by atoms with Crippen LogP contribution in [0.5, 0.6) is 0 Å². The van der Waals surface area contributed by atoms with Crippen molar-refractivity contribution < 1.29 is 4.79 Å². The van der Waals surface area contributed by atoms with Crippen LogP contribution in [-0.2, 0) is 11.2 Å². The number of hydrogen-bond acceptors (Lipinski definition) is 4. The van der Waals surface area contributed by atoms with Gasteiger partial charge in [0.1, 0.15) is 0 Å². The van der Waals surface area contributed by atoms with Crippen LogP contribution in [0.1, 0.15) is 12.5 Å². The monoisotopic (exact) mass is 318 g/mol. The lowest BCUT2D eigenvalue weighted by atomic mass is 10.1. The van der Waals surface area contributed by atoms with E-state index in [9.17, 15) is 4.79 Å². The Hall–Kier alpha value is -1.59. The molecule has 21 heavy (non-hydrogen) atoms. The van der Waals surface area contributed by atoms with Crippen LogP contribution in [0.3, 0.4) is 0 Å². The summed E-state index contributed by atoms with van der Waals surface area (Å²) in [5, 5.41) is 5.44. The van der Waals surface area contributed by atoms with Gasteiger partial charge in [0.2, 0.25) is 5.91 Å². The Morgan fingerprint density at radius 3 is 2.86 bits per heavy atom. The predicted octanol–water partition coefficient (Wildman–Crippen LogP) is 4.23. The second-order valence-electron chi connectivity index (χ2n) is 4.44. The molecule has 0 unspecified atom stereocenters. The second kappa shape index (κ2) is 8.00. The lowest BCUT2D eigenvalue weighted by Gasteiger charge is -2.01. The van der Waals surface area contributed by atoms with E-state index in [4.69, 9.17) is 0 Å². The third-order valence-corrected chi connectivity index (χ3v) is 4.57. The maximum atomic E-state index is 11.7. The third-order valence-electron chi connectivity index (χ3n) is 2.88. The minimum absolute atomic E-state index is 0.0240. The fourth-order valence-electron chi connectivity index (χ4n) is 1.77. The van der Waals surface area contributed by atoms with Crippen LogP contribution >= 0.6 is 23.1 Å². The number of carbonyl (C=O) groups is 1. The largest absolute Gasteiger partial charge is 0.301 e. The number of hydrogen-bond donors (Lipinski definition) is 1. The quantitative estimate of drug-likeness (QED) is 0.613. The molecular weight excluding hydrogens is 300 g/mol. The summed E-state index contributed by atoms with van der Waals surface area (Å²) in [6.45, 7) is 5.76. The van der Waals surface area contributed by atoms with E-state index in [1.54, 1.807) is 6.08 Å². The van der Waals surface area contributed by atoms with Gasteiger partial charge in [-0.25, -0.2) is 4.98 Å². The summed E-state index contributed by atoms with van der Waals surface area (Å²) < 4.78 is 0. The smallest absolute Gasteiger partial charge is 0.236 e. The van der Waals surface area contributed by atoms with Crippen LogP contribution < -0.4 is 5.32 Å². The van der Waals surface area contributed by atoms with Gasteiger partial charge >= 0.3 is 0 Å². The first-order chi connectivity index (χ1) is 10.2. The summed E-state index contributed by atoms with van der Waals surface area (Å²) in [6.07, 6.45) is 2.82. The van der Waals surface area contributed by atoms with Crippen molar-refractivity contribution in [1.29, 1.82) is 0 Å². The molecule has 0 saturated carbocycles. The van der Waals surface area contributed by atoms with Crippen molar-refractivity contribution in [2.24, 2.45) is 0 Å². The first kappa shape index (κ1) is 15.8. The second-order valence-corrected chi connectivity index (χ2v) is 6.33. The van der Waals surface area contributed by atoms with E-state index in [0.29, 0.717) is 10.9 Å². The Morgan fingerprint density at radius 2 is 2.19 bits per heavy atom. The van der Waals surface area contributed by atoms with Gasteiger partial charge in [-0.15, -0.1) is 29.7 Å². The average Bonchev–Trinajstić information content (AvgIpc) is 2.96. The summed E-state index contributed by atoms with van der Waals surface area (Å²) in [4.78, 5) is 16.2. The van der Waals surface area contributed by atoms with E-state index in [1.165, 1.54) is 28.7 Å². The first-order valence-corrected chi connectivity index (χ1v) is 8.79. The lowest BCUT2D eigenvalue weighted by molar-refractivity contribution is -0.113. The Labute approximate surface area is 133 Å². The SMILES string of the molecule is C=CCSCC(=O)Nc1nc(-c2ccc(CC)cc2)cs1. The summed E-state index contributed by atoms with van der Waals surface area (Å²) in [7, 11) is 0. The number of amides is 1. The molecule has 0 radical (unpaired) electrons. The highest BCUT2D eigenvalue weighted by atomic mass is 32.2. The highest BCUT2D eigenvalue weighted by Crippen LogP contribution is 2.25. The van der Waals surface area contributed by atoms with Gasteiger partial charge in [-0.05, 0) is 12.0 Å². The standard InChI is InChI=1S/C16H18N2OS2/c1-3-9-20-11-15(19)18-16-17-14(10-21-16)13-7-5-12(4-2)6-8-13/h3,5-8,10H,1,4,9,11H2,2H3,(H,17,18,19). The number of anilines is 1. The van der Waals surface area contributed by atoms with Gasteiger partial charge < -0.3 is 5.32 Å². The average molecular weight is 318 g/mol. The first-order valence-electron chi connectivity index (χ1n) is 6.76.